The van der Waals surface area contributed by atoms with Crippen LogP contribution < -0.4 is 10.1 Å². The number of nitrogens with one attached hydrogen (secondary N) is 1. The number of amides is 1. The van der Waals surface area contributed by atoms with Crippen molar-refractivity contribution in [2.45, 2.75) is 25.7 Å². The lowest BCUT2D eigenvalue weighted by atomic mass is 9.90. The molecule has 0 saturated carbocycles. The molecule has 1 amide bonds. The molecule has 2 heterocycles. The first-order chi connectivity index (χ1) is 12.2. The third-order valence-corrected chi connectivity index (χ3v) is 5.50. The van der Waals surface area contributed by atoms with E-state index >= 15 is 0 Å². The Kier molecular flexibility index (Phi) is 6.70. The molecule has 1 aromatic rings. The van der Waals surface area contributed by atoms with Gasteiger partial charge in [0.25, 0.3) is 0 Å². The molecule has 5 nitrogen and oxygen atoms in total. The van der Waals surface area contributed by atoms with Crippen LogP contribution in [0, 0.1) is 5.92 Å². The van der Waals surface area contributed by atoms with E-state index < -0.39 is 0 Å². The number of benzene rings is 1. The quantitative estimate of drug-likeness (QED) is 0.853. The number of hydrogen-bond acceptors (Lipinski definition) is 4. The fourth-order valence-corrected chi connectivity index (χ4v) is 3.84. The summed E-state index contributed by atoms with van der Waals surface area (Å²) in [5, 5.41) is 3.29. The van der Waals surface area contributed by atoms with Gasteiger partial charge in [0.15, 0.2) is 0 Å². The van der Waals surface area contributed by atoms with Crippen molar-refractivity contribution in [1.82, 2.24) is 15.1 Å². The monoisotopic (exact) mass is 345 g/mol. The number of piperazine rings is 1. The average molecular weight is 345 g/mol. The van der Waals surface area contributed by atoms with Crippen LogP contribution in [0.5, 0.6) is 5.75 Å². The first-order valence-corrected chi connectivity index (χ1v) is 9.58. The lowest BCUT2D eigenvalue weighted by Gasteiger charge is -2.33. The van der Waals surface area contributed by atoms with Crippen molar-refractivity contribution in [1.29, 1.82) is 0 Å². The molecule has 0 bridgehead atoms. The summed E-state index contributed by atoms with van der Waals surface area (Å²) < 4.78 is 5.22. The molecule has 138 valence electrons. The van der Waals surface area contributed by atoms with Gasteiger partial charge in [-0.2, -0.15) is 0 Å². The lowest BCUT2D eigenvalue weighted by molar-refractivity contribution is -0.132. The number of nitrogens with zero attached hydrogens (tertiary/aromatic N) is 2. The van der Waals surface area contributed by atoms with Crippen molar-refractivity contribution in [2.75, 3.05) is 52.9 Å². The molecule has 25 heavy (non-hydrogen) atoms. The zero-order valence-electron chi connectivity index (χ0n) is 15.4. The van der Waals surface area contributed by atoms with Gasteiger partial charge < -0.3 is 19.9 Å². The number of ether oxygens (including phenoxy) is 1. The van der Waals surface area contributed by atoms with Gasteiger partial charge in [0, 0.05) is 39.1 Å². The summed E-state index contributed by atoms with van der Waals surface area (Å²) in [6, 6.07) is 8.45. The molecule has 0 spiro atoms. The van der Waals surface area contributed by atoms with Gasteiger partial charge in [0.1, 0.15) is 5.75 Å². The molecule has 1 aromatic carbocycles. The summed E-state index contributed by atoms with van der Waals surface area (Å²) >= 11 is 0. The van der Waals surface area contributed by atoms with Crippen LogP contribution in [0.1, 0.15) is 24.8 Å². The highest BCUT2D eigenvalue weighted by Gasteiger charge is 2.21. The number of carbonyl (C=O) groups excluding carboxylic acids is 1. The number of likely N-dealkylation sites (tertiary alicyclic amines) is 1. The second kappa shape index (κ2) is 9.20. The minimum Gasteiger partial charge on any atom is -0.497 e. The highest BCUT2D eigenvalue weighted by atomic mass is 16.5. The maximum Gasteiger partial charge on any atom is 0.223 e. The molecular weight excluding hydrogens is 314 g/mol. The normalized spacial score (nSPS) is 19.8. The molecule has 2 aliphatic heterocycles. The van der Waals surface area contributed by atoms with Gasteiger partial charge in [0.05, 0.1) is 7.11 Å². The Balaban J connectivity index is 1.35. The number of rotatable bonds is 6. The zero-order valence-corrected chi connectivity index (χ0v) is 15.4. The van der Waals surface area contributed by atoms with Gasteiger partial charge in [-0.05, 0) is 56.0 Å². The first-order valence-electron chi connectivity index (χ1n) is 9.58. The van der Waals surface area contributed by atoms with E-state index in [1.807, 2.05) is 17.0 Å². The second-order valence-electron chi connectivity index (χ2n) is 7.22. The first kappa shape index (κ1) is 18.2. The van der Waals surface area contributed by atoms with Crippen molar-refractivity contribution in [3.05, 3.63) is 29.8 Å². The Bertz CT molecular complexity index is 532. The van der Waals surface area contributed by atoms with Crippen LogP contribution in [0.2, 0.25) is 0 Å². The van der Waals surface area contributed by atoms with E-state index in [-0.39, 0.29) is 0 Å². The van der Waals surface area contributed by atoms with Crippen molar-refractivity contribution >= 4 is 5.91 Å². The molecule has 2 fully saturated rings. The highest BCUT2D eigenvalue weighted by Crippen LogP contribution is 2.23. The van der Waals surface area contributed by atoms with Gasteiger partial charge in [-0.25, -0.2) is 0 Å². The summed E-state index contributed by atoms with van der Waals surface area (Å²) in [4.78, 5) is 16.7. The van der Waals surface area contributed by atoms with E-state index in [1.165, 1.54) is 18.4 Å². The molecule has 2 aliphatic rings. The Labute approximate surface area is 151 Å². The molecule has 0 unspecified atom stereocenters. The van der Waals surface area contributed by atoms with Crippen LogP contribution in [-0.4, -0.2) is 68.6 Å². The molecule has 0 radical (unpaired) electrons. The molecule has 3 rings (SSSR count). The number of hydrogen-bond donors (Lipinski definition) is 1. The predicted octanol–water partition coefficient (Wildman–Crippen LogP) is 1.77. The standard InChI is InChI=1S/C20H31N3O2/c1-25-19-4-2-17(3-5-19)16-18-6-11-22(12-7-18)13-8-20(24)23-14-9-21-10-15-23/h2-5,18,21H,6-16H2,1H3. The van der Waals surface area contributed by atoms with E-state index in [2.05, 4.69) is 22.3 Å². The van der Waals surface area contributed by atoms with Crippen molar-refractivity contribution in [2.24, 2.45) is 5.92 Å². The van der Waals surface area contributed by atoms with Crippen molar-refractivity contribution in [3.63, 3.8) is 0 Å². The molecule has 0 aliphatic carbocycles. The Morgan fingerprint density at radius 1 is 1.12 bits per heavy atom. The van der Waals surface area contributed by atoms with Crippen LogP contribution in [0.4, 0.5) is 0 Å². The van der Waals surface area contributed by atoms with Gasteiger partial charge in [-0.1, -0.05) is 12.1 Å². The average Bonchev–Trinajstić information content (AvgIpc) is 2.68. The smallest absolute Gasteiger partial charge is 0.223 e. The summed E-state index contributed by atoms with van der Waals surface area (Å²) in [5.74, 6) is 2.00. The maximum absolute atomic E-state index is 12.3. The SMILES string of the molecule is COc1ccc(CC2CCN(CCC(=O)N3CCNCC3)CC2)cc1. The van der Waals surface area contributed by atoms with Crippen LogP contribution in [0.3, 0.4) is 0 Å². The van der Waals surface area contributed by atoms with Crippen LogP contribution in [0.15, 0.2) is 24.3 Å². The minimum absolute atomic E-state index is 0.321. The fourth-order valence-electron chi connectivity index (χ4n) is 3.84. The third kappa shape index (κ3) is 5.44. The van der Waals surface area contributed by atoms with Gasteiger partial charge in [-0.3, -0.25) is 4.79 Å². The second-order valence-corrected chi connectivity index (χ2v) is 7.22. The molecular formula is C20H31N3O2. The lowest BCUT2D eigenvalue weighted by Crippen LogP contribution is -2.47. The van der Waals surface area contributed by atoms with Crippen LogP contribution >= 0.6 is 0 Å². The summed E-state index contributed by atoms with van der Waals surface area (Å²) in [5.41, 5.74) is 1.40. The van der Waals surface area contributed by atoms with E-state index in [1.54, 1.807) is 7.11 Å². The molecule has 0 aromatic heterocycles. The third-order valence-electron chi connectivity index (χ3n) is 5.50. The van der Waals surface area contributed by atoms with E-state index in [0.29, 0.717) is 12.3 Å². The van der Waals surface area contributed by atoms with E-state index in [0.717, 1.165) is 63.9 Å². The largest absolute Gasteiger partial charge is 0.497 e. The Morgan fingerprint density at radius 2 is 1.80 bits per heavy atom. The number of piperidine rings is 1. The van der Waals surface area contributed by atoms with Gasteiger partial charge in [0.2, 0.25) is 5.91 Å². The topological polar surface area (TPSA) is 44.8 Å². The van der Waals surface area contributed by atoms with Crippen LogP contribution in [0.25, 0.3) is 0 Å². The number of carbonyl (C=O) groups is 1. The van der Waals surface area contributed by atoms with Crippen molar-refractivity contribution in [3.8, 4) is 5.75 Å². The van der Waals surface area contributed by atoms with E-state index in [9.17, 15) is 4.79 Å². The fraction of sp³-hybridized carbons (Fsp3) is 0.650. The zero-order chi connectivity index (χ0) is 17.5. The molecule has 1 N–H and O–H groups in total. The van der Waals surface area contributed by atoms with Crippen LogP contribution in [-0.2, 0) is 11.2 Å². The molecule has 0 atom stereocenters. The summed E-state index contributed by atoms with van der Waals surface area (Å²) in [6.45, 7) is 6.75. The minimum atomic E-state index is 0.321. The highest BCUT2D eigenvalue weighted by molar-refractivity contribution is 5.76. The Morgan fingerprint density at radius 3 is 2.44 bits per heavy atom. The summed E-state index contributed by atoms with van der Waals surface area (Å²) in [6.07, 6.45) is 4.28. The molecule has 5 heteroatoms. The van der Waals surface area contributed by atoms with Gasteiger partial charge >= 0.3 is 0 Å². The van der Waals surface area contributed by atoms with Crippen molar-refractivity contribution < 1.29 is 9.53 Å². The number of methoxy groups -OCH3 is 1. The Hall–Kier alpha value is -1.59. The van der Waals surface area contributed by atoms with E-state index in [4.69, 9.17) is 4.74 Å². The van der Waals surface area contributed by atoms with Gasteiger partial charge in [-0.15, -0.1) is 0 Å². The summed E-state index contributed by atoms with van der Waals surface area (Å²) in [7, 11) is 1.71. The maximum atomic E-state index is 12.3. The predicted molar refractivity (Wildman–Crippen MR) is 99.9 cm³/mol. The molecule has 2 saturated heterocycles.